The minimum atomic E-state index is 0.313. The number of nitrogens with one attached hydrogen (secondary N) is 1. The van der Waals surface area contributed by atoms with Gasteiger partial charge < -0.3 is 10.2 Å². The van der Waals surface area contributed by atoms with Gasteiger partial charge in [0.2, 0.25) is 5.91 Å². The fourth-order valence-electron chi connectivity index (χ4n) is 1.93. The quantitative estimate of drug-likeness (QED) is 0.649. The molecule has 0 aromatic heterocycles. The number of nitrogens with zero attached hydrogens (tertiary/aromatic N) is 2. The second-order valence-electron chi connectivity index (χ2n) is 4.11. The molecule has 1 N–H and O–H groups in total. The molecule has 0 aliphatic carbocycles. The maximum atomic E-state index is 11.8. The minimum absolute atomic E-state index is 0.313. The molecule has 1 amide bonds. The van der Waals surface area contributed by atoms with E-state index in [-0.39, 0.29) is 0 Å². The number of carbonyl (C=O) groups excluding carboxylic acids is 1. The van der Waals surface area contributed by atoms with Gasteiger partial charge in [-0.3, -0.25) is 9.69 Å². The average molecular weight is 197 g/mol. The van der Waals surface area contributed by atoms with Crippen LogP contribution in [0.2, 0.25) is 0 Å². The number of rotatable bonds is 2. The fourth-order valence-corrected chi connectivity index (χ4v) is 1.93. The molecular weight excluding hydrogens is 178 g/mol. The molecule has 0 aromatic carbocycles. The first kappa shape index (κ1) is 9.93. The molecule has 4 nitrogen and oxygen atoms in total. The molecule has 0 aromatic rings. The molecule has 80 valence electrons. The highest BCUT2D eigenvalue weighted by Gasteiger charge is 2.21. The third-order valence-corrected chi connectivity index (χ3v) is 3.00. The molecule has 2 heterocycles. The number of hydrogen-bond donors (Lipinski definition) is 1. The zero-order chi connectivity index (χ0) is 9.80. The molecule has 4 heteroatoms. The minimum Gasteiger partial charge on any atom is -0.340 e. The smallest absolute Gasteiger partial charge is 0.236 e. The maximum absolute atomic E-state index is 11.8. The topological polar surface area (TPSA) is 35.6 Å². The van der Waals surface area contributed by atoms with Gasteiger partial charge in [0.25, 0.3) is 0 Å². The van der Waals surface area contributed by atoms with E-state index < -0.39 is 0 Å². The lowest BCUT2D eigenvalue weighted by atomic mass is 10.2. The lowest BCUT2D eigenvalue weighted by Gasteiger charge is -2.32. The number of amides is 1. The monoisotopic (exact) mass is 197 g/mol. The van der Waals surface area contributed by atoms with Gasteiger partial charge in [0.15, 0.2) is 0 Å². The van der Waals surface area contributed by atoms with Crippen molar-refractivity contribution < 1.29 is 4.79 Å². The van der Waals surface area contributed by atoms with E-state index in [1.165, 1.54) is 6.42 Å². The van der Waals surface area contributed by atoms with E-state index in [0.717, 1.165) is 45.7 Å². The van der Waals surface area contributed by atoms with Gasteiger partial charge in [-0.25, -0.2) is 0 Å². The molecule has 0 saturated carbocycles. The summed E-state index contributed by atoms with van der Waals surface area (Å²) in [7, 11) is 0. The largest absolute Gasteiger partial charge is 0.340 e. The van der Waals surface area contributed by atoms with Crippen LogP contribution in [0.4, 0.5) is 0 Å². The fraction of sp³-hybridized carbons (Fsp3) is 0.900. The van der Waals surface area contributed by atoms with Crippen molar-refractivity contribution in [3.05, 3.63) is 0 Å². The Morgan fingerprint density at radius 3 is 2.64 bits per heavy atom. The van der Waals surface area contributed by atoms with Crippen molar-refractivity contribution in [3.8, 4) is 0 Å². The van der Waals surface area contributed by atoms with Crippen LogP contribution in [0.5, 0.6) is 0 Å². The van der Waals surface area contributed by atoms with Crippen molar-refractivity contribution in [2.45, 2.75) is 12.8 Å². The lowest BCUT2D eigenvalue weighted by Crippen LogP contribution is -2.46. The summed E-state index contributed by atoms with van der Waals surface area (Å²) in [5.41, 5.74) is 0. The first-order chi connectivity index (χ1) is 6.86. The zero-order valence-electron chi connectivity index (χ0n) is 8.67. The van der Waals surface area contributed by atoms with E-state index in [0.29, 0.717) is 12.5 Å². The zero-order valence-corrected chi connectivity index (χ0v) is 8.67. The summed E-state index contributed by atoms with van der Waals surface area (Å²) in [6.07, 6.45) is 2.35. The Morgan fingerprint density at radius 2 is 1.93 bits per heavy atom. The normalized spacial score (nSPS) is 24.1. The van der Waals surface area contributed by atoms with Gasteiger partial charge in [-0.15, -0.1) is 0 Å². The molecule has 0 spiro atoms. The summed E-state index contributed by atoms with van der Waals surface area (Å²) in [5, 5.41) is 3.31. The average Bonchev–Trinajstić information content (AvgIpc) is 2.38. The molecule has 2 aliphatic rings. The van der Waals surface area contributed by atoms with Gasteiger partial charge in [-0.2, -0.15) is 0 Å². The first-order valence-corrected chi connectivity index (χ1v) is 5.57. The molecule has 14 heavy (non-hydrogen) atoms. The van der Waals surface area contributed by atoms with Crippen LogP contribution < -0.4 is 5.32 Å². The number of carbonyl (C=O) groups is 1. The van der Waals surface area contributed by atoms with Crippen LogP contribution >= 0.6 is 0 Å². The predicted octanol–water partition coefficient (Wildman–Crippen LogP) is -0.486. The highest BCUT2D eigenvalue weighted by molar-refractivity contribution is 5.78. The summed E-state index contributed by atoms with van der Waals surface area (Å²) in [6.45, 7) is 6.67. The van der Waals surface area contributed by atoms with Gasteiger partial charge >= 0.3 is 0 Å². The van der Waals surface area contributed by atoms with Crippen LogP contribution in [0.15, 0.2) is 0 Å². The van der Waals surface area contributed by atoms with Crippen molar-refractivity contribution in [3.63, 3.8) is 0 Å². The first-order valence-electron chi connectivity index (χ1n) is 5.57. The SMILES string of the molecule is O=C(CN1CCC1)N1CCCNCC1. The maximum Gasteiger partial charge on any atom is 0.236 e. The van der Waals surface area contributed by atoms with E-state index in [4.69, 9.17) is 0 Å². The molecule has 0 unspecified atom stereocenters. The van der Waals surface area contributed by atoms with Gasteiger partial charge in [0.1, 0.15) is 0 Å². The Morgan fingerprint density at radius 1 is 1.07 bits per heavy atom. The van der Waals surface area contributed by atoms with Crippen molar-refractivity contribution in [1.29, 1.82) is 0 Å². The van der Waals surface area contributed by atoms with Crippen molar-refractivity contribution in [1.82, 2.24) is 15.1 Å². The van der Waals surface area contributed by atoms with Crippen LogP contribution in [-0.4, -0.2) is 61.5 Å². The van der Waals surface area contributed by atoms with Crippen LogP contribution in [-0.2, 0) is 4.79 Å². The van der Waals surface area contributed by atoms with E-state index in [2.05, 4.69) is 10.2 Å². The van der Waals surface area contributed by atoms with Crippen LogP contribution in [0.3, 0.4) is 0 Å². The number of hydrogen-bond acceptors (Lipinski definition) is 3. The Hall–Kier alpha value is -0.610. The van der Waals surface area contributed by atoms with Gasteiger partial charge in [-0.1, -0.05) is 0 Å². The third-order valence-electron chi connectivity index (χ3n) is 3.00. The molecule has 0 radical (unpaired) electrons. The second-order valence-corrected chi connectivity index (χ2v) is 4.11. The second kappa shape index (κ2) is 4.75. The summed E-state index contributed by atoms with van der Waals surface area (Å²) >= 11 is 0. The lowest BCUT2D eigenvalue weighted by molar-refractivity contribution is -0.133. The predicted molar refractivity (Wildman–Crippen MR) is 55.1 cm³/mol. The summed E-state index contributed by atoms with van der Waals surface area (Å²) in [4.78, 5) is 16.0. The molecule has 2 rings (SSSR count). The van der Waals surface area contributed by atoms with Crippen LogP contribution in [0.25, 0.3) is 0 Å². The highest BCUT2D eigenvalue weighted by atomic mass is 16.2. The van der Waals surface area contributed by atoms with Gasteiger partial charge in [0, 0.05) is 19.6 Å². The standard InChI is InChI=1S/C10H19N3O/c14-10(9-12-5-2-6-12)13-7-1-3-11-4-8-13/h11H,1-9H2. The van der Waals surface area contributed by atoms with E-state index in [9.17, 15) is 4.79 Å². The molecule has 0 atom stereocenters. The Bertz CT molecular complexity index is 196. The Labute approximate surface area is 85.2 Å². The van der Waals surface area contributed by atoms with E-state index >= 15 is 0 Å². The van der Waals surface area contributed by atoms with Gasteiger partial charge in [0.05, 0.1) is 6.54 Å². The highest BCUT2D eigenvalue weighted by Crippen LogP contribution is 2.06. The third kappa shape index (κ3) is 2.45. The van der Waals surface area contributed by atoms with E-state index in [1.54, 1.807) is 0 Å². The summed E-state index contributed by atoms with van der Waals surface area (Å²) in [5.74, 6) is 0.313. The molecule has 0 bridgehead atoms. The molecule has 2 aliphatic heterocycles. The Balaban J connectivity index is 1.76. The summed E-state index contributed by atoms with van der Waals surface area (Å²) < 4.78 is 0. The van der Waals surface area contributed by atoms with Crippen LogP contribution in [0, 0.1) is 0 Å². The number of likely N-dealkylation sites (tertiary alicyclic amines) is 1. The van der Waals surface area contributed by atoms with Crippen molar-refractivity contribution >= 4 is 5.91 Å². The summed E-state index contributed by atoms with van der Waals surface area (Å²) in [6, 6.07) is 0. The van der Waals surface area contributed by atoms with E-state index in [1.807, 2.05) is 4.90 Å². The molecule has 2 fully saturated rings. The van der Waals surface area contributed by atoms with Crippen molar-refractivity contribution in [2.24, 2.45) is 0 Å². The van der Waals surface area contributed by atoms with Crippen LogP contribution in [0.1, 0.15) is 12.8 Å². The molecular formula is C10H19N3O. The molecule has 2 saturated heterocycles. The van der Waals surface area contributed by atoms with Crippen molar-refractivity contribution in [2.75, 3.05) is 45.8 Å². The Kier molecular flexibility index (Phi) is 3.37. The van der Waals surface area contributed by atoms with Gasteiger partial charge in [-0.05, 0) is 32.5 Å².